The van der Waals surface area contributed by atoms with Crippen LogP contribution in [0.15, 0.2) is 0 Å². The fourth-order valence-electron chi connectivity index (χ4n) is 2.35. The fourth-order valence-corrected chi connectivity index (χ4v) is 2.64. The first-order valence-electron chi connectivity index (χ1n) is 5.15. The smallest absolute Gasteiger partial charge is 0.236 e. The van der Waals surface area contributed by atoms with E-state index in [2.05, 4.69) is 29.4 Å². The molecular formula is C9H16N4S. The summed E-state index contributed by atoms with van der Waals surface area (Å²) in [5.41, 5.74) is 0.0822. The molecule has 2 atom stereocenters. The lowest BCUT2D eigenvalue weighted by Crippen LogP contribution is -2.40. The second kappa shape index (κ2) is 3.46. The zero-order valence-corrected chi connectivity index (χ0v) is 9.47. The number of nitrogens with zero attached hydrogens (tertiary/aromatic N) is 3. The molecule has 5 heteroatoms. The summed E-state index contributed by atoms with van der Waals surface area (Å²) in [6.07, 6.45) is 5.01. The molecule has 1 aromatic heterocycles. The van der Waals surface area contributed by atoms with Gasteiger partial charge >= 0.3 is 0 Å². The second-order valence-electron chi connectivity index (χ2n) is 4.42. The van der Waals surface area contributed by atoms with Crippen LogP contribution in [0.1, 0.15) is 39.5 Å². The molecule has 1 aliphatic carbocycles. The lowest BCUT2D eigenvalue weighted by molar-refractivity contribution is 0.118. The summed E-state index contributed by atoms with van der Waals surface area (Å²) in [7, 11) is 0. The lowest BCUT2D eigenvalue weighted by atomic mass is 9.75. The van der Waals surface area contributed by atoms with Crippen molar-refractivity contribution in [3.8, 4) is 0 Å². The Morgan fingerprint density at radius 1 is 1.57 bits per heavy atom. The van der Waals surface area contributed by atoms with Crippen LogP contribution >= 0.6 is 12.2 Å². The van der Waals surface area contributed by atoms with Crippen LogP contribution in [0, 0.1) is 10.7 Å². The van der Waals surface area contributed by atoms with Crippen LogP contribution < -0.4 is 0 Å². The standard InChI is InChI=1S/C9H16N4S/c1-7-5-3-4-6-9(7,2)13-8(14)10-11-12-13/h7H,3-6H2,1-2H3,(H,10,12,14). The molecule has 1 N–H and O–H groups in total. The van der Waals surface area contributed by atoms with Gasteiger partial charge in [-0.1, -0.05) is 30.1 Å². The van der Waals surface area contributed by atoms with E-state index in [0.29, 0.717) is 10.7 Å². The van der Waals surface area contributed by atoms with E-state index in [1.807, 2.05) is 4.68 Å². The molecule has 0 aliphatic heterocycles. The number of hydrogen-bond acceptors (Lipinski definition) is 3. The minimum Gasteiger partial charge on any atom is -0.236 e. The molecule has 4 nitrogen and oxygen atoms in total. The summed E-state index contributed by atoms with van der Waals surface area (Å²) in [6, 6.07) is 0. The van der Waals surface area contributed by atoms with Crippen molar-refractivity contribution in [1.82, 2.24) is 20.2 Å². The van der Waals surface area contributed by atoms with Crippen LogP contribution in [-0.2, 0) is 5.54 Å². The Morgan fingerprint density at radius 2 is 2.36 bits per heavy atom. The third-order valence-electron chi connectivity index (χ3n) is 3.61. The molecule has 2 rings (SSSR count). The molecule has 1 aliphatic rings. The highest BCUT2D eigenvalue weighted by molar-refractivity contribution is 7.71. The maximum atomic E-state index is 5.15. The van der Waals surface area contributed by atoms with E-state index in [1.54, 1.807) is 0 Å². The third kappa shape index (κ3) is 1.39. The number of aromatic amines is 1. The van der Waals surface area contributed by atoms with Gasteiger partial charge in [0.25, 0.3) is 0 Å². The van der Waals surface area contributed by atoms with Crippen LogP contribution in [-0.4, -0.2) is 20.2 Å². The van der Waals surface area contributed by atoms with E-state index >= 15 is 0 Å². The van der Waals surface area contributed by atoms with Gasteiger partial charge in [0.15, 0.2) is 0 Å². The molecule has 0 spiro atoms. The largest absolute Gasteiger partial charge is 0.238 e. The van der Waals surface area contributed by atoms with E-state index in [4.69, 9.17) is 12.2 Å². The molecule has 1 fully saturated rings. The Morgan fingerprint density at radius 3 is 2.93 bits per heavy atom. The average Bonchev–Trinajstić information content (AvgIpc) is 2.57. The summed E-state index contributed by atoms with van der Waals surface area (Å²) < 4.78 is 2.52. The van der Waals surface area contributed by atoms with Crippen molar-refractivity contribution in [3.63, 3.8) is 0 Å². The van der Waals surface area contributed by atoms with Crippen molar-refractivity contribution in [3.05, 3.63) is 4.77 Å². The van der Waals surface area contributed by atoms with Crippen LogP contribution in [0.2, 0.25) is 0 Å². The number of aromatic nitrogens is 4. The monoisotopic (exact) mass is 212 g/mol. The predicted octanol–water partition coefficient (Wildman–Crippen LogP) is 2.26. The summed E-state index contributed by atoms with van der Waals surface area (Å²) in [4.78, 5) is 0. The van der Waals surface area contributed by atoms with Gasteiger partial charge in [-0.05, 0) is 37.9 Å². The zero-order valence-electron chi connectivity index (χ0n) is 8.66. The van der Waals surface area contributed by atoms with Gasteiger partial charge < -0.3 is 0 Å². The van der Waals surface area contributed by atoms with Crippen molar-refractivity contribution in [2.24, 2.45) is 5.92 Å². The van der Waals surface area contributed by atoms with Crippen molar-refractivity contribution in [2.75, 3.05) is 0 Å². The highest BCUT2D eigenvalue weighted by atomic mass is 32.1. The van der Waals surface area contributed by atoms with Crippen molar-refractivity contribution < 1.29 is 0 Å². The number of hydrogen-bond donors (Lipinski definition) is 1. The molecule has 1 saturated carbocycles. The molecular weight excluding hydrogens is 196 g/mol. The minimum atomic E-state index is 0.0822. The summed E-state index contributed by atoms with van der Waals surface area (Å²) in [5.74, 6) is 0.630. The Kier molecular flexibility index (Phi) is 2.43. The van der Waals surface area contributed by atoms with Crippen LogP contribution in [0.4, 0.5) is 0 Å². The molecule has 0 aromatic carbocycles. The van der Waals surface area contributed by atoms with E-state index in [9.17, 15) is 0 Å². The highest BCUT2D eigenvalue weighted by Crippen LogP contribution is 2.38. The van der Waals surface area contributed by atoms with Crippen molar-refractivity contribution >= 4 is 12.2 Å². The number of H-pyrrole nitrogens is 1. The summed E-state index contributed by atoms with van der Waals surface area (Å²) in [6.45, 7) is 4.52. The van der Waals surface area contributed by atoms with Crippen LogP contribution in [0.3, 0.4) is 0 Å². The summed E-state index contributed by atoms with van der Waals surface area (Å²) in [5, 5.41) is 10.5. The number of rotatable bonds is 1. The van der Waals surface area contributed by atoms with E-state index in [1.165, 1.54) is 19.3 Å². The summed E-state index contributed by atoms with van der Waals surface area (Å²) >= 11 is 5.15. The fraction of sp³-hybridized carbons (Fsp3) is 0.889. The van der Waals surface area contributed by atoms with E-state index < -0.39 is 0 Å². The zero-order chi connectivity index (χ0) is 10.2. The Balaban J connectivity index is 2.39. The molecule has 14 heavy (non-hydrogen) atoms. The Labute approximate surface area is 88.7 Å². The first-order chi connectivity index (χ1) is 6.64. The second-order valence-corrected chi connectivity index (χ2v) is 4.79. The molecule has 0 saturated heterocycles. The maximum Gasteiger partial charge on any atom is 0.238 e. The highest BCUT2D eigenvalue weighted by Gasteiger charge is 2.36. The average molecular weight is 212 g/mol. The number of tetrazole rings is 1. The SMILES string of the molecule is CC1CCCCC1(C)n1[nH]nnc1=S. The topological polar surface area (TPSA) is 46.5 Å². The lowest BCUT2D eigenvalue weighted by Gasteiger charge is -2.39. The quantitative estimate of drug-likeness (QED) is 0.726. The van der Waals surface area contributed by atoms with Gasteiger partial charge in [0.05, 0.1) is 5.54 Å². The van der Waals surface area contributed by atoms with Gasteiger partial charge in [0, 0.05) is 0 Å². The molecule has 0 radical (unpaired) electrons. The molecule has 78 valence electrons. The first-order valence-corrected chi connectivity index (χ1v) is 5.56. The molecule has 1 aromatic rings. The van der Waals surface area contributed by atoms with Crippen molar-refractivity contribution in [2.45, 2.75) is 45.1 Å². The predicted molar refractivity (Wildman–Crippen MR) is 56.5 cm³/mol. The molecule has 0 amide bonds. The van der Waals surface area contributed by atoms with E-state index in [0.717, 1.165) is 6.42 Å². The Bertz CT molecular complexity index is 369. The normalized spacial score (nSPS) is 33.1. The first kappa shape index (κ1) is 9.83. The molecule has 1 heterocycles. The maximum absolute atomic E-state index is 5.15. The van der Waals surface area contributed by atoms with Crippen molar-refractivity contribution in [1.29, 1.82) is 0 Å². The van der Waals surface area contributed by atoms with Gasteiger partial charge in [-0.15, -0.1) is 0 Å². The van der Waals surface area contributed by atoms with Crippen LogP contribution in [0.5, 0.6) is 0 Å². The molecule has 2 unspecified atom stereocenters. The van der Waals surface area contributed by atoms with Crippen LogP contribution in [0.25, 0.3) is 0 Å². The van der Waals surface area contributed by atoms with Gasteiger partial charge in [-0.25, -0.2) is 4.68 Å². The van der Waals surface area contributed by atoms with E-state index in [-0.39, 0.29) is 5.54 Å². The Hall–Kier alpha value is -0.710. The number of nitrogens with one attached hydrogen (secondary N) is 1. The van der Waals surface area contributed by atoms with Gasteiger partial charge in [-0.3, -0.25) is 0 Å². The van der Waals surface area contributed by atoms with Gasteiger partial charge in [0.1, 0.15) is 0 Å². The molecule has 0 bridgehead atoms. The van der Waals surface area contributed by atoms with Gasteiger partial charge in [-0.2, -0.15) is 5.21 Å². The third-order valence-corrected chi connectivity index (χ3v) is 3.88. The minimum absolute atomic E-state index is 0.0822. The van der Waals surface area contributed by atoms with Gasteiger partial charge in [0.2, 0.25) is 4.77 Å².